The first-order chi connectivity index (χ1) is 20.4. The van der Waals surface area contributed by atoms with Crippen molar-refractivity contribution < 1.29 is 23.1 Å². The number of likely N-dealkylation sites (tertiary alicyclic amines) is 1. The summed E-state index contributed by atoms with van der Waals surface area (Å²) in [6, 6.07) is 11.4. The zero-order valence-corrected chi connectivity index (χ0v) is 25.5. The van der Waals surface area contributed by atoms with Gasteiger partial charge in [-0.1, -0.05) is 12.1 Å². The first-order valence-corrected chi connectivity index (χ1v) is 16.2. The quantitative estimate of drug-likeness (QED) is 0.411. The number of aryl methyl sites for hydroxylation is 2. The van der Waals surface area contributed by atoms with Gasteiger partial charge in [0.1, 0.15) is 11.4 Å². The van der Waals surface area contributed by atoms with Crippen LogP contribution in [-0.2, 0) is 14.8 Å². The Kier molecular flexibility index (Phi) is 7.30. The molecule has 4 heterocycles. The number of hydrogen-bond donors (Lipinski definition) is 3. The zero-order valence-electron chi connectivity index (χ0n) is 24.7. The molecule has 0 saturated carbocycles. The normalized spacial score (nSPS) is 20.6. The first-order valence-electron chi connectivity index (χ1n) is 14.7. The number of amidine groups is 1. The summed E-state index contributed by atoms with van der Waals surface area (Å²) in [5.74, 6) is 0.231. The lowest BCUT2D eigenvalue weighted by Crippen LogP contribution is -2.50. The van der Waals surface area contributed by atoms with E-state index in [2.05, 4.69) is 10.3 Å². The van der Waals surface area contributed by atoms with Crippen molar-refractivity contribution in [2.75, 3.05) is 26.2 Å². The highest BCUT2D eigenvalue weighted by molar-refractivity contribution is 7.92. The molecule has 2 saturated heterocycles. The number of aliphatic hydroxyl groups is 1. The van der Waals surface area contributed by atoms with Crippen LogP contribution < -0.4 is 5.32 Å². The fourth-order valence-corrected chi connectivity index (χ4v) is 7.44. The summed E-state index contributed by atoms with van der Waals surface area (Å²) >= 11 is 0. The Morgan fingerprint density at radius 1 is 1.00 bits per heavy atom. The number of sulfonamides is 1. The van der Waals surface area contributed by atoms with Crippen LogP contribution in [0.2, 0.25) is 0 Å². The van der Waals surface area contributed by atoms with Crippen LogP contribution in [0.1, 0.15) is 65.2 Å². The van der Waals surface area contributed by atoms with Gasteiger partial charge in [0.2, 0.25) is 10.0 Å². The molecular weight excluding hydrogens is 566 g/mol. The van der Waals surface area contributed by atoms with Gasteiger partial charge < -0.3 is 20.3 Å². The molecule has 0 bridgehead atoms. The number of piperidine rings is 2. The van der Waals surface area contributed by atoms with Crippen LogP contribution in [-0.4, -0.2) is 82.7 Å². The molecule has 2 aromatic carbocycles. The Morgan fingerprint density at radius 3 is 2.35 bits per heavy atom. The van der Waals surface area contributed by atoms with E-state index in [1.807, 2.05) is 44.3 Å². The second kappa shape index (κ2) is 10.7. The minimum Gasteiger partial charge on any atom is -0.390 e. The van der Waals surface area contributed by atoms with E-state index in [0.29, 0.717) is 50.2 Å². The Morgan fingerprint density at radius 2 is 1.67 bits per heavy atom. The second-order valence-corrected chi connectivity index (χ2v) is 14.1. The largest absolute Gasteiger partial charge is 0.390 e. The van der Waals surface area contributed by atoms with E-state index in [4.69, 9.17) is 4.99 Å². The van der Waals surface area contributed by atoms with E-state index in [-0.39, 0.29) is 24.9 Å². The third-order valence-electron chi connectivity index (χ3n) is 9.09. The summed E-state index contributed by atoms with van der Waals surface area (Å²) in [7, 11) is -3.75. The van der Waals surface area contributed by atoms with E-state index in [0.717, 1.165) is 33.2 Å². The van der Waals surface area contributed by atoms with Crippen molar-refractivity contribution in [3.63, 3.8) is 0 Å². The minimum absolute atomic E-state index is 0.0845. The molecule has 0 unspecified atom stereocenters. The highest BCUT2D eigenvalue weighted by Crippen LogP contribution is 2.33. The molecule has 6 rings (SSSR count). The lowest BCUT2D eigenvalue weighted by molar-refractivity contribution is -0.124. The summed E-state index contributed by atoms with van der Waals surface area (Å²) in [5, 5.41) is 15.4. The molecule has 1 spiro atoms. The number of carbonyl (C=O) groups is 2. The van der Waals surface area contributed by atoms with Gasteiger partial charge in [0.15, 0.2) is 0 Å². The summed E-state index contributed by atoms with van der Waals surface area (Å²) < 4.78 is 28.0. The van der Waals surface area contributed by atoms with Gasteiger partial charge in [-0.2, -0.15) is 4.31 Å². The Hall–Kier alpha value is -3.80. The number of amides is 2. The molecule has 2 fully saturated rings. The fourth-order valence-electron chi connectivity index (χ4n) is 6.27. The predicted molar refractivity (Wildman–Crippen MR) is 166 cm³/mol. The zero-order chi connectivity index (χ0) is 30.6. The van der Waals surface area contributed by atoms with Gasteiger partial charge in [-0.05, 0) is 98.9 Å². The van der Waals surface area contributed by atoms with E-state index < -0.39 is 21.2 Å². The molecule has 0 aliphatic carbocycles. The molecule has 3 N–H and O–H groups in total. The van der Waals surface area contributed by atoms with Crippen molar-refractivity contribution in [1.82, 2.24) is 19.5 Å². The molecule has 3 aliphatic rings. The second-order valence-electron chi connectivity index (χ2n) is 12.3. The monoisotopic (exact) mass is 603 g/mol. The van der Waals surface area contributed by atoms with Crippen LogP contribution in [0.15, 0.2) is 53.0 Å². The van der Waals surface area contributed by atoms with Crippen molar-refractivity contribution in [2.24, 2.45) is 4.99 Å². The minimum atomic E-state index is -3.75. The molecular formula is C32H37N5O5S. The average molecular weight is 604 g/mol. The van der Waals surface area contributed by atoms with Crippen molar-refractivity contribution >= 4 is 44.7 Å². The Balaban J connectivity index is 1.13. The number of nitrogens with zero attached hydrogens (tertiary/aromatic N) is 3. The van der Waals surface area contributed by atoms with Crippen molar-refractivity contribution in [3.8, 4) is 0 Å². The fraction of sp³-hybridized carbons (Fsp3) is 0.406. The smallest absolute Gasteiger partial charge is 0.253 e. The lowest BCUT2D eigenvalue weighted by atomic mass is 9.89. The molecule has 1 aromatic heterocycles. The number of nitrogens with one attached hydrogen (secondary N) is 2. The molecule has 3 aromatic rings. The highest BCUT2D eigenvalue weighted by atomic mass is 32.2. The third kappa shape index (κ3) is 5.64. The van der Waals surface area contributed by atoms with Gasteiger partial charge in [0.25, 0.3) is 11.8 Å². The molecule has 3 aliphatic heterocycles. The number of aromatic nitrogens is 1. The maximum atomic E-state index is 13.3. The van der Waals surface area contributed by atoms with Crippen molar-refractivity contribution in [3.05, 3.63) is 75.8 Å². The summed E-state index contributed by atoms with van der Waals surface area (Å²) in [5.41, 5.74) is 2.95. The number of H-pyrrole nitrogens is 1. The number of aliphatic imine (C=N–C) groups is 1. The van der Waals surface area contributed by atoms with Gasteiger partial charge in [-0.15, -0.1) is 0 Å². The van der Waals surface area contributed by atoms with Crippen LogP contribution in [0, 0.1) is 13.8 Å². The third-order valence-corrected chi connectivity index (χ3v) is 10.7. The number of hydrogen-bond acceptors (Lipinski definition) is 6. The Bertz CT molecular complexity index is 1750. The van der Waals surface area contributed by atoms with Crippen LogP contribution in [0.25, 0.3) is 17.0 Å². The number of fused-ring (bicyclic) bond motifs is 1. The molecule has 0 radical (unpaired) electrons. The summed E-state index contributed by atoms with van der Waals surface area (Å²) in [6.45, 7) is 6.88. The first kappa shape index (κ1) is 29.3. The van der Waals surface area contributed by atoms with Gasteiger partial charge in [0, 0.05) is 54.4 Å². The van der Waals surface area contributed by atoms with E-state index in [1.54, 1.807) is 30.0 Å². The van der Waals surface area contributed by atoms with Crippen molar-refractivity contribution in [2.45, 2.75) is 57.6 Å². The van der Waals surface area contributed by atoms with Crippen LogP contribution >= 0.6 is 0 Å². The molecule has 43 heavy (non-hydrogen) atoms. The number of rotatable bonds is 5. The molecule has 226 valence electrons. The van der Waals surface area contributed by atoms with E-state index in [9.17, 15) is 23.1 Å². The number of aromatic amines is 1. The SMILES string of the molecule is Cc1cc(C(=O)N2CCC(C)(O)CC2)cc(C)c1/C=C/S(=O)(=O)N1CCC2(CC1)N=C(c1ccc3cc[nH]c3c1)NC2=O. The molecule has 11 heteroatoms. The number of carbonyl (C=O) groups excluding carboxylic acids is 2. The van der Waals surface area contributed by atoms with Gasteiger partial charge in [-0.3, -0.25) is 14.6 Å². The van der Waals surface area contributed by atoms with Crippen LogP contribution in [0.5, 0.6) is 0 Å². The summed E-state index contributed by atoms with van der Waals surface area (Å²) in [4.78, 5) is 35.9. The topological polar surface area (TPSA) is 135 Å². The molecule has 0 atom stereocenters. The molecule has 10 nitrogen and oxygen atoms in total. The van der Waals surface area contributed by atoms with E-state index in [1.165, 1.54) is 9.71 Å². The summed E-state index contributed by atoms with van der Waals surface area (Å²) in [6.07, 6.45) is 5.11. The van der Waals surface area contributed by atoms with E-state index >= 15 is 0 Å². The lowest BCUT2D eigenvalue weighted by Gasteiger charge is -2.36. The highest BCUT2D eigenvalue weighted by Gasteiger charge is 2.47. The predicted octanol–water partition coefficient (Wildman–Crippen LogP) is 3.48. The standard InChI is InChI=1S/C32H37N5O5S/c1-21-18-25(29(38)36-13-8-31(3,40)9-14-36)19-22(2)26(21)7-17-43(41,42)37-15-10-32(11-16-37)30(39)34-28(35-32)24-5-4-23-6-12-33-27(23)20-24/h4-7,12,17-20,33,40H,8-11,13-16H2,1-3H3,(H,34,35,39)/b17-7+. The average Bonchev–Trinajstić information content (AvgIpc) is 3.56. The maximum absolute atomic E-state index is 13.3. The van der Waals surface area contributed by atoms with Gasteiger partial charge in [0.05, 0.1) is 5.60 Å². The van der Waals surface area contributed by atoms with Crippen LogP contribution in [0.3, 0.4) is 0 Å². The van der Waals surface area contributed by atoms with Crippen LogP contribution in [0.4, 0.5) is 0 Å². The molecule has 2 amide bonds. The van der Waals surface area contributed by atoms with Crippen molar-refractivity contribution in [1.29, 1.82) is 0 Å². The van der Waals surface area contributed by atoms with Gasteiger partial charge >= 0.3 is 0 Å². The Labute approximate surface area is 251 Å². The number of benzene rings is 2. The van der Waals surface area contributed by atoms with Gasteiger partial charge in [-0.25, -0.2) is 8.42 Å². The maximum Gasteiger partial charge on any atom is 0.253 e.